The molecule has 0 amide bonds. The van der Waals surface area contributed by atoms with E-state index in [-0.39, 0.29) is 35.8 Å². The summed E-state index contributed by atoms with van der Waals surface area (Å²) in [5.41, 5.74) is 0.519. The molecule has 1 aromatic carbocycles. The van der Waals surface area contributed by atoms with E-state index < -0.39 is 5.41 Å². The third-order valence-corrected chi connectivity index (χ3v) is 6.85. The molecule has 0 saturated heterocycles. The Morgan fingerprint density at radius 2 is 1.56 bits per heavy atom. The average Bonchev–Trinajstić information content (AvgIpc) is 2.75. The van der Waals surface area contributed by atoms with Gasteiger partial charge in [0, 0.05) is 0 Å². The van der Waals surface area contributed by atoms with Gasteiger partial charge in [0.2, 0.25) is 0 Å². The van der Waals surface area contributed by atoms with Crippen LogP contribution < -0.4 is 0 Å². The fourth-order valence-corrected chi connectivity index (χ4v) is 4.06. The van der Waals surface area contributed by atoms with E-state index in [1.807, 2.05) is 44.2 Å². The van der Waals surface area contributed by atoms with E-state index in [4.69, 9.17) is 9.47 Å². The van der Waals surface area contributed by atoms with Crippen molar-refractivity contribution in [2.75, 3.05) is 0 Å². The van der Waals surface area contributed by atoms with Crippen molar-refractivity contribution in [2.24, 2.45) is 29.1 Å². The van der Waals surface area contributed by atoms with Crippen molar-refractivity contribution in [3.63, 3.8) is 0 Å². The average molecular weight is 447 g/mol. The molecule has 4 unspecified atom stereocenters. The summed E-state index contributed by atoms with van der Waals surface area (Å²) in [5, 5.41) is 0. The smallest absolute Gasteiger partial charge is 0.312 e. The minimum Gasteiger partial charge on any atom is -0.462 e. The molecule has 32 heavy (non-hydrogen) atoms. The normalized spacial score (nSPS) is 16.3. The first-order chi connectivity index (χ1) is 15.0. The van der Waals surface area contributed by atoms with Crippen molar-refractivity contribution in [3.8, 4) is 0 Å². The third kappa shape index (κ3) is 8.96. The van der Waals surface area contributed by atoms with Crippen LogP contribution in [-0.2, 0) is 25.7 Å². The second-order valence-electron chi connectivity index (χ2n) is 10.4. The molecule has 4 nitrogen and oxygen atoms in total. The van der Waals surface area contributed by atoms with E-state index in [0.717, 1.165) is 37.7 Å². The Kier molecular flexibility index (Phi) is 12.0. The van der Waals surface area contributed by atoms with Crippen LogP contribution in [-0.4, -0.2) is 18.0 Å². The molecule has 0 spiro atoms. The summed E-state index contributed by atoms with van der Waals surface area (Å²) in [6.07, 6.45) is 4.12. The second kappa shape index (κ2) is 13.6. The molecule has 0 N–H and O–H groups in total. The molecule has 0 fully saturated rings. The first kappa shape index (κ1) is 28.2. The lowest BCUT2D eigenvalue weighted by Gasteiger charge is -2.34. The van der Waals surface area contributed by atoms with Gasteiger partial charge >= 0.3 is 11.9 Å². The molecule has 0 saturated carbocycles. The maximum absolute atomic E-state index is 13.1. The zero-order valence-corrected chi connectivity index (χ0v) is 21.6. The van der Waals surface area contributed by atoms with E-state index in [1.165, 1.54) is 0 Å². The summed E-state index contributed by atoms with van der Waals surface area (Å²) in [6, 6.07) is 9.73. The molecule has 4 heteroatoms. The molecule has 4 atom stereocenters. The summed E-state index contributed by atoms with van der Waals surface area (Å²) in [7, 11) is 0. The summed E-state index contributed by atoms with van der Waals surface area (Å²) in [5.74, 6) is 0.361. The summed E-state index contributed by atoms with van der Waals surface area (Å²) in [4.78, 5) is 25.6. The molecule has 0 radical (unpaired) electrons. The number of rotatable bonds is 14. The van der Waals surface area contributed by atoms with Crippen LogP contribution in [0.25, 0.3) is 0 Å². The molecule has 0 aromatic heterocycles. The number of carbonyl (C=O) groups is 2. The Balaban J connectivity index is 2.63. The van der Waals surface area contributed by atoms with Crippen molar-refractivity contribution in [1.82, 2.24) is 0 Å². The zero-order valence-electron chi connectivity index (χ0n) is 21.6. The SMILES string of the molecule is CCCC(CCC(C)C(C)C(=O)OCc1ccccc1)OC(=O)C(C)(CC(C)C)C(C)C. The Morgan fingerprint density at radius 1 is 0.938 bits per heavy atom. The molecule has 0 aliphatic heterocycles. The lowest BCUT2D eigenvalue weighted by atomic mass is 9.73. The highest BCUT2D eigenvalue weighted by Crippen LogP contribution is 2.36. The standard InChI is InChI=1S/C28H46O4/c1-9-13-25(32-27(30)28(8,21(4)5)18-20(2)3)17-16-22(6)23(7)26(29)31-19-24-14-11-10-12-15-24/h10-12,14-15,20-23,25H,9,13,16-19H2,1-8H3. The van der Waals surface area contributed by atoms with Crippen LogP contribution in [0.4, 0.5) is 0 Å². The number of esters is 2. The molecule has 182 valence electrons. The van der Waals surface area contributed by atoms with Crippen molar-refractivity contribution < 1.29 is 19.1 Å². The molecule has 0 aliphatic rings. The highest BCUT2D eigenvalue weighted by molar-refractivity contribution is 5.77. The Labute approximate surface area is 196 Å². The maximum atomic E-state index is 13.1. The van der Waals surface area contributed by atoms with Crippen LogP contribution in [0.1, 0.15) is 93.1 Å². The van der Waals surface area contributed by atoms with Crippen LogP contribution in [0.2, 0.25) is 0 Å². The molecule has 1 aromatic rings. The quantitative estimate of drug-likeness (QED) is 0.283. The van der Waals surface area contributed by atoms with Crippen LogP contribution in [0.3, 0.4) is 0 Å². The fraction of sp³-hybridized carbons (Fsp3) is 0.714. The molecule has 0 aliphatic carbocycles. The lowest BCUT2D eigenvalue weighted by molar-refractivity contribution is -0.166. The molecular formula is C28H46O4. The number of benzene rings is 1. The van der Waals surface area contributed by atoms with Gasteiger partial charge in [-0.2, -0.15) is 0 Å². The molecule has 0 heterocycles. The van der Waals surface area contributed by atoms with Crippen LogP contribution in [0.5, 0.6) is 0 Å². The first-order valence-electron chi connectivity index (χ1n) is 12.4. The number of carbonyl (C=O) groups excluding carboxylic acids is 2. The van der Waals surface area contributed by atoms with E-state index in [0.29, 0.717) is 12.5 Å². The minimum atomic E-state index is -0.472. The van der Waals surface area contributed by atoms with Gasteiger partial charge in [0.05, 0.1) is 11.3 Å². The monoisotopic (exact) mass is 446 g/mol. The van der Waals surface area contributed by atoms with Gasteiger partial charge in [-0.25, -0.2) is 0 Å². The van der Waals surface area contributed by atoms with Crippen molar-refractivity contribution in [3.05, 3.63) is 35.9 Å². The Hall–Kier alpha value is -1.84. The van der Waals surface area contributed by atoms with Gasteiger partial charge in [-0.3, -0.25) is 9.59 Å². The predicted octanol–water partition coefficient (Wildman–Crippen LogP) is 7.20. The van der Waals surface area contributed by atoms with E-state index in [2.05, 4.69) is 41.5 Å². The zero-order chi connectivity index (χ0) is 24.3. The summed E-state index contributed by atoms with van der Waals surface area (Å²) in [6.45, 7) is 17.0. The number of hydrogen-bond donors (Lipinski definition) is 0. The van der Waals surface area contributed by atoms with Gasteiger partial charge in [-0.1, -0.05) is 85.2 Å². The highest BCUT2D eigenvalue weighted by Gasteiger charge is 2.39. The Bertz CT molecular complexity index is 682. The van der Waals surface area contributed by atoms with Crippen LogP contribution in [0, 0.1) is 29.1 Å². The van der Waals surface area contributed by atoms with Crippen LogP contribution in [0.15, 0.2) is 30.3 Å². The van der Waals surface area contributed by atoms with Gasteiger partial charge in [0.15, 0.2) is 0 Å². The topological polar surface area (TPSA) is 52.6 Å². The highest BCUT2D eigenvalue weighted by atomic mass is 16.5. The summed E-state index contributed by atoms with van der Waals surface area (Å²) < 4.78 is 11.6. The van der Waals surface area contributed by atoms with Crippen molar-refractivity contribution in [2.45, 2.75) is 100 Å². The van der Waals surface area contributed by atoms with Gasteiger partial charge in [-0.05, 0) is 55.9 Å². The molecular weight excluding hydrogens is 400 g/mol. The second-order valence-corrected chi connectivity index (χ2v) is 10.4. The van der Waals surface area contributed by atoms with Crippen molar-refractivity contribution in [1.29, 1.82) is 0 Å². The first-order valence-corrected chi connectivity index (χ1v) is 12.4. The van der Waals surface area contributed by atoms with E-state index in [9.17, 15) is 9.59 Å². The van der Waals surface area contributed by atoms with Gasteiger partial charge < -0.3 is 9.47 Å². The van der Waals surface area contributed by atoms with Crippen molar-refractivity contribution >= 4 is 11.9 Å². The molecule has 0 bridgehead atoms. The molecule has 1 rings (SSSR count). The fourth-order valence-electron chi connectivity index (χ4n) is 4.06. The van der Waals surface area contributed by atoms with Gasteiger partial charge in [-0.15, -0.1) is 0 Å². The van der Waals surface area contributed by atoms with Gasteiger partial charge in [0.25, 0.3) is 0 Å². The Morgan fingerprint density at radius 3 is 2.09 bits per heavy atom. The summed E-state index contributed by atoms with van der Waals surface area (Å²) >= 11 is 0. The number of ether oxygens (including phenoxy) is 2. The third-order valence-electron chi connectivity index (χ3n) is 6.85. The maximum Gasteiger partial charge on any atom is 0.312 e. The van der Waals surface area contributed by atoms with E-state index >= 15 is 0 Å². The van der Waals surface area contributed by atoms with E-state index in [1.54, 1.807) is 0 Å². The van der Waals surface area contributed by atoms with Crippen LogP contribution >= 0.6 is 0 Å². The number of hydrogen-bond acceptors (Lipinski definition) is 4. The largest absolute Gasteiger partial charge is 0.462 e. The lowest BCUT2D eigenvalue weighted by Crippen LogP contribution is -2.38. The van der Waals surface area contributed by atoms with Gasteiger partial charge in [0.1, 0.15) is 12.7 Å². The predicted molar refractivity (Wildman–Crippen MR) is 131 cm³/mol. The minimum absolute atomic E-state index is 0.0809.